The van der Waals surface area contributed by atoms with Crippen LogP contribution in [0.4, 0.5) is 5.69 Å². The lowest BCUT2D eigenvalue weighted by molar-refractivity contribution is -0.127. The molecule has 7 heteroatoms. The van der Waals surface area contributed by atoms with Crippen molar-refractivity contribution in [1.29, 1.82) is 0 Å². The molecule has 6 nitrogen and oxygen atoms in total. The fraction of sp³-hybridized carbons (Fsp3) is 0.500. The Bertz CT molecular complexity index is 828. The van der Waals surface area contributed by atoms with Gasteiger partial charge in [0, 0.05) is 30.4 Å². The van der Waals surface area contributed by atoms with Gasteiger partial charge in [-0.3, -0.25) is 4.79 Å². The molecule has 3 rings (SSSR count). The largest absolute Gasteiger partial charge is 0.463 e. The van der Waals surface area contributed by atoms with Gasteiger partial charge in [-0.2, -0.15) is 12.6 Å². The van der Waals surface area contributed by atoms with Crippen LogP contribution in [-0.2, 0) is 4.79 Å². The third-order valence-electron chi connectivity index (χ3n) is 5.67. The molecule has 0 radical (unpaired) electrons. The predicted octanol–water partition coefficient (Wildman–Crippen LogP) is 3.88. The van der Waals surface area contributed by atoms with Crippen molar-refractivity contribution in [3.05, 3.63) is 42.5 Å². The summed E-state index contributed by atoms with van der Waals surface area (Å²) in [7, 11) is 0. The van der Waals surface area contributed by atoms with E-state index in [1.165, 1.54) is 32.1 Å². The number of rotatable bonds is 10. The maximum Gasteiger partial charge on any atom is 0.260 e. The number of carbonyl (C=O) groups is 1. The van der Waals surface area contributed by atoms with E-state index in [4.69, 9.17) is 15.5 Å². The van der Waals surface area contributed by atoms with Gasteiger partial charge in [-0.15, -0.1) is 0 Å². The number of hydrogen-bond donors (Lipinski definition) is 4. The highest BCUT2D eigenvalue weighted by atomic mass is 32.1. The van der Waals surface area contributed by atoms with Crippen molar-refractivity contribution in [3.63, 3.8) is 0 Å². The van der Waals surface area contributed by atoms with Crippen LogP contribution in [-0.4, -0.2) is 41.9 Å². The standard InChI is InChI=1S/C24H34N4O2S/c1-17(23(29)27-14-18-8-4-2-5-9-18)30-24-22(26-15-20(25)16-31)13-12-21(28-24)19-10-6-3-7-11-19/h3,6-7,10-13,17-18,20,26,31H,2,4-5,8-9,14-16,25H2,1H3,(H,27,29)/t17-,20?/m1/s1. The smallest absolute Gasteiger partial charge is 0.260 e. The number of nitrogens with one attached hydrogen (secondary N) is 2. The predicted molar refractivity (Wildman–Crippen MR) is 130 cm³/mol. The van der Waals surface area contributed by atoms with E-state index in [1.807, 2.05) is 42.5 Å². The first-order chi connectivity index (χ1) is 15.1. The zero-order valence-corrected chi connectivity index (χ0v) is 19.1. The van der Waals surface area contributed by atoms with Crippen molar-refractivity contribution >= 4 is 24.2 Å². The van der Waals surface area contributed by atoms with Crippen LogP contribution in [0.2, 0.25) is 0 Å². The second kappa shape index (κ2) is 12.0. The summed E-state index contributed by atoms with van der Waals surface area (Å²) in [5.74, 6) is 1.42. The van der Waals surface area contributed by atoms with Crippen LogP contribution in [0.3, 0.4) is 0 Å². The van der Waals surface area contributed by atoms with Crippen LogP contribution in [0.5, 0.6) is 5.88 Å². The number of amides is 1. The van der Waals surface area contributed by atoms with Crippen LogP contribution in [0.1, 0.15) is 39.0 Å². The minimum absolute atomic E-state index is 0.0961. The number of benzene rings is 1. The Hall–Kier alpha value is -2.25. The van der Waals surface area contributed by atoms with Crippen LogP contribution < -0.4 is 21.1 Å². The van der Waals surface area contributed by atoms with E-state index in [1.54, 1.807) is 6.92 Å². The number of thiol groups is 1. The fourth-order valence-electron chi connectivity index (χ4n) is 3.74. The Morgan fingerprint density at radius 1 is 1.19 bits per heavy atom. The van der Waals surface area contributed by atoms with Crippen molar-refractivity contribution in [2.45, 2.75) is 51.2 Å². The van der Waals surface area contributed by atoms with Gasteiger partial charge in [-0.25, -0.2) is 4.98 Å². The molecule has 1 aliphatic carbocycles. The van der Waals surface area contributed by atoms with Crippen molar-refractivity contribution in [2.75, 3.05) is 24.2 Å². The minimum Gasteiger partial charge on any atom is -0.463 e. The molecular formula is C24H34N4O2S. The average molecular weight is 443 g/mol. The molecule has 1 heterocycles. The Kier molecular flexibility index (Phi) is 9.03. The summed E-state index contributed by atoms with van der Waals surface area (Å²) in [6.45, 7) is 3.01. The molecule has 31 heavy (non-hydrogen) atoms. The van der Waals surface area contributed by atoms with Gasteiger partial charge in [0.2, 0.25) is 5.88 Å². The zero-order valence-electron chi connectivity index (χ0n) is 18.2. The Labute approximate surface area is 190 Å². The normalized spacial score (nSPS) is 16.4. The average Bonchev–Trinajstić information content (AvgIpc) is 2.82. The third kappa shape index (κ3) is 7.14. The molecule has 1 unspecified atom stereocenters. The molecule has 1 amide bonds. The molecule has 1 aromatic heterocycles. The quantitative estimate of drug-likeness (QED) is 0.419. The molecule has 0 aliphatic heterocycles. The first-order valence-corrected chi connectivity index (χ1v) is 11.8. The van der Waals surface area contributed by atoms with Crippen LogP contribution in [0, 0.1) is 5.92 Å². The number of hydrogen-bond acceptors (Lipinski definition) is 6. The van der Waals surface area contributed by atoms with Crippen molar-refractivity contribution < 1.29 is 9.53 Å². The van der Waals surface area contributed by atoms with Crippen molar-refractivity contribution in [1.82, 2.24) is 10.3 Å². The van der Waals surface area contributed by atoms with Crippen molar-refractivity contribution in [3.8, 4) is 17.1 Å². The number of anilines is 1. The van der Waals surface area contributed by atoms with Gasteiger partial charge in [-0.05, 0) is 37.8 Å². The second-order valence-electron chi connectivity index (χ2n) is 8.25. The first kappa shape index (κ1) is 23.4. The Morgan fingerprint density at radius 3 is 2.65 bits per heavy atom. The van der Waals surface area contributed by atoms with E-state index in [0.29, 0.717) is 36.3 Å². The number of carbonyl (C=O) groups excluding carboxylic acids is 1. The molecule has 2 aromatic rings. The molecule has 1 aliphatic rings. The van der Waals surface area contributed by atoms with Gasteiger partial charge in [0.1, 0.15) is 0 Å². The SMILES string of the molecule is C[C@@H](Oc1nc(-c2ccccc2)ccc1NCC(N)CS)C(=O)NCC1CCCCC1. The van der Waals surface area contributed by atoms with E-state index in [9.17, 15) is 4.79 Å². The maximum absolute atomic E-state index is 12.7. The van der Waals surface area contributed by atoms with Gasteiger partial charge in [0.05, 0.1) is 11.4 Å². The lowest BCUT2D eigenvalue weighted by Crippen LogP contribution is -2.39. The number of nitrogens with two attached hydrogens (primary N) is 1. The molecule has 168 valence electrons. The third-order valence-corrected chi connectivity index (χ3v) is 6.14. The van der Waals surface area contributed by atoms with Gasteiger partial charge in [-0.1, -0.05) is 49.6 Å². The molecule has 0 bridgehead atoms. The summed E-state index contributed by atoms with van der Waals surface area (Å²) >= 11 is 4.24. The molecule has 1 saturated carbocycles. The highest BCUT2D eigenvalue weighted by Gasteiger charge is 2.20. The van der Waals surface area contributed by atoms with E-state index < -0.39 is 6.10 Å². The van der Waals surface area contributed by atoms with E-state index in [-0.39, 0.29) is 11.9 Å². The maximum atomic E-state index is 12.7. The Morgan fingerprint density at radius 2 is 1.94 bits per heavy atom. The lowest BCUT2D eigenvalue weighted by atomic mass is 9.89. The number of aromatic nitrogens is 1. The highest BCUT2D eigenvalue weighted by molar-refractivity contribution is 7.80. The topological polar surface area (TPSA) is 89.3 Å². The minimum atomic E-state index is -0.652. The van der Waals surface area contributed by atoms with E-state index in [2.05, 4.69) is 23.3 Å². The van der Waals surface area contributed by atoms with E-state index >= 15 is 0 Å². The first-order valence-electron chi connectivity index (χ1n) is 11.2. The monoisotopic (exact) mass is 442 g/mol. The molecule has 1 aromatic carbocycles. The lowest BCUT2D eigenvalue weighted by Gasteiger charge is -2.23. The van der Waals surface area contributed by atoms with Gasteiger partial charge in [0.15, 0.2) is 6.10 Å². The fourth-order valence-corrected chi connectivity index (χ4v) is 3.87. The number of pyridine rings is 1. The summed E-state index contributed by atoms with van der Waals surface area (Å²) in [4.78, 5) is 17.3. The molecule has 0 saturated heterocycles. The zero-order chi connectivity index (χ0) is 22.1. The van der Waals surface area contributed by atoms with Crippen LogP contribution in [0.25, 0.3) is 11.3 Å². The van der Waals surface area contributed by atoms with Crippen LogP contribution >= 0.6 is 12.6 Å². The van der Waals surface area contributed by atoms with Gasteiger partial charge >= 0.3 is 0 Å². The molecule has 2 atom stereocenters. The van der Waals surface area contributed by atoms with Gasteiger partial charge < -0.3 is 21.1 Å². The summed E-state index contributed by atoms with van der Waals surface area (Å²) in [5, 5.41) is 6.33. The summed E-state index contributed by atoms with van der Waals surface area (Å²) in [5.41, 5.74) is 8.47. The molecule has 0 spiro atoms. The summed E-state index contributed by atoms with van der Waals surface area (Å²) in [6, 6.07) is 13.7. The van der Waals surface area contributed by atoms with Crippen LogP contribution in [0.15, 0.2) is 42.5 Å². The molecule has 4 N–H and O–H groups in total. The second-order valence-corrected chi connectivity index (χ2v) is 8.61. The highest BCUT2D eigenvalue weighted by Crippen LogP contribution is 2.28. The summed E-state index contributed by atoms with van der Waals surface area (Å²) < 4.78 is 6.03. The van der Waals surface area contributed by atoms with E-state index in [0.717, 1.165) is 11.3 Å². The molecule has 1 fully saturated rings. The van der Waals surface area contributed by atoms with Crippen molar-refractivity contribution in [2.24, 2.45) is 11.7 Å². The molecular weight excluding hydrogens is 408 g/mol. The number of ether oxygens (including phenoxy) is 1. The number of nitrogens with zero attached hydrogens (tertiary/aromatic N) is 1. The van der Waals surface area contributed by atoms with Gasteiger partial charge in [0.25, 0.3) is 5.91 Å². The Balaban J connectivity index is 1.70. The summed E-state index contributed by atoms with van der Waals surface area (Å²) in [6.07, 6.45) is 5.55.